The van der Waals surface area contributed by atoms with Crippen molar-refractivity contribution in [2.75, 3.05) is 11.9 Å². The minimum absolute atomic E-state index is 0.188. The minimum Gasteiger partial charge on any atom is -0.398 e. The summed E-state index contributed by atoms with van der Waals surface area (Å²) in [5.74, 6) is 0. The second-order valence-electron chi connectivity index (χ2n) is 4.47. The van der Waals surface area contributed by atoms with Crippen LogP contribution in [0.3, 0.4) is 0 Å². The van der Waals surface area contributed by atoms with Crippen LogP contribution in [0, 0.1) is 0 Å². The summed E-state index contributed by atoms with van der Waals surface area (Å²) >= 11 is 4.00. The van der Waals surface area contributed by atoms with E-state index in [2.05, 4.69) is 12.6 Å². The molecule has 0 aliphatic carbocycles. The van der Waals surface area contributed by atoms with Crippen LogP contribution in [0.25, 0.3) is 0 Å². The molecule has 10 heteroatoms. The topological polar surface area (TPSA) is 141 Å². The van der Waals surface area contributed by atoms with Crippen molar-refractivity contribution in [2.45, 2.75) is 17.3 Å². The van der Waals surface area contributed by atoms with Crippen molar-refractivity contribution in [1.29, 1.82) is 0 Å². The standard InChI is InChI=1S/C10H17NO6P2S/c11-9-4-2-1-3-8(9)10(19(15,16)17)5-7(20)6-18(12,13)14/h1-4,7,10,20H,5-6,11H2,(H2,12,13,14)(H2,15,16,17). The molecule has 7 nitrogen and oxygen atoms in total. The second-order valence-corrected chi connectivity index (χ2v) is 8.70. The summed E-state index contributed by atoms with van der Waals surface area (Å²) in [4.78, 5) is 36.6. The summed E-state index contributed by atoms with van der Waals surface area (Å²) in [6, 6.07) is 6.21. The Labute approximate surface area is 121 Å². The molecule has 2 unspecified atom stereocenters. The maximum atomic E-state index is 11.6. The van der Waals surface area contributed by atoms with Crippen molar-refractivity contribution in [3.05, 3.63) is 29.8 Å². The van der Waals surface area contributed by atoms with E-state index in [1.165, 1.54) is 12.1 Å². The predicted octanol–water partition coefficient (Wildman–Crippen LogP) is 1.35. The molecule has 20 heavy (non-hydrogen) atoms. The van der Waals surface area contributed by atoms with Gasteiger partial charge < -0.3 is 25.3 Å². The first-order chi connectivity index (χ1) is 9.00. The minimum atomic E-state index is -4.53. The molecule has 0 amide bonds. The van der Waals surface area contributed by atoms with Gasteiger partial charge in [0.1, 0.15) is 0 Å². The molecule has 0 radical (unpaired) electrons. The van der Waals surface area contributed by atoms with Crippen molar-refractivity contribution < 1.29 is 28.7 Å². The lowest BCUT2D eigenvalue weighted by molar-refractivity contribution is 0.351. The molecule has 6 N–H and O–H groups in total. The molecule has 1 rings (SSSR count). The lowest BCUT2D eigenvalue weighted by atomic mass is 10.1. The van der Waals surface area contributed by atoms with Crippen LogP contribution in [0.2, 0.25) is 0 Å². The fourth-order valence-electron chi connectivity index (χ4n) is 1.87. The van der Waals surface area contributed by atoms with Gasteiger partial charge in [0.25, 0.3) is 0 Å². The van der Waals surface area contributed by atoms with Crippen LogP contribution < -0.4 is 5.73 Å². The average molecular weight is 341 g/mol. The van der Waals surface area contributed by atoms with Crippen molar-refractivity contribution in [3.63, 3.8) is 0 Å². The Morgan fingerprint density at radius 2 is 1.70 bits per heavy atom. The van der Waals surface area contributed by atoms with Gasteiger partial charge in [-0.15, -0.1) is 0 Å². The summed E-state index contributed by atoms with van der Waals surface area (Å²) < 4.78 is 22.5. The van der Waals surface area contributed by atoms with E-state index >= 15 is 0 Å². The first kappa shape index (κ1) is 17.7. The molecule has 0 heterocycles. The van der Waals surface area contributed by atoms with Gasteiger partial charge in [-0.25, -0.2) is 0 Å². The summed E-state index contributed by atoms with van der Waals surface area (Å²) in [6.07, 6.45) is -0.744. The number of nitrogen functional groups attached to an aromatic ring is 1. The average Bonchev–Trinajstić information content (AvgIpc) is 2.23. The zero-order chi connectivity index (χ0) is 15.6. The molecule has 0 saturated heterocycles. The Bertz CT molecular complexity index is 556. The van der Waals surface area contributed by atoms with Gasteiger partial charge in [-0.2, -0.15) is 12.6 Å². The smallest absolute Gasteiger partial charge is 0.333 e. The Morgan fingerprint density at radius 1 is 1.15 bits per heavy atom. The van der Waals surface area contributed by atoms with Crippen LogP contribution in [0.5, 0.6) is 0 Å². The molecule has 0 aromatic heterocycles. The largest absolute Gasteiger partial charge is 0.398 e. The zero-order valence-corrected chi connectivity index (χ0v) is 13.1. The van der Waals surface area contributed by atoms with E-state index in [1.807, 2.05) is 0 Å². The predicted molar refractivity (Wildman–Crippen MR) is 79.9 cm³/mol. The third kappa shape index (κ3) is 5.58. The van der Waals surface area contributed by atoms with Crippen molar-refractivity contribution in [1.82, 2.24) is 0 Å². The molecule has 0 bridgehead atoms. The van der Waals surface area contributed by atoms with Crippen LogP contribution in [-0.4, -0.2) is 31.0 Å². The Balaban J connectivity index is 3.02. The summed E-state index contributed by atoms with van der Waals surface area (Å²) in [5.41, 5.74) is 4.94. The van der Waals surface area contributed by atoms with Crippen molar-refractivity contribution in [2.24, 2.45) is 0 Å². The van der Waals surface area contributed by atoms with E-state index in [0.29, 0.717) is 0 Å². The summed E-state index contributed by atoms with van der Waals surface area (Å²) in [7, 11) is -8.82. The molecular weight excluding hydrogens is 324 g/mol. The third-order valence-corrected chi connectivity index (χ3v) is 5.60. The molecule has 2 atom stereocenters. The van der Waals surface area contributed by atoms with Crippen LogP contribution in [0.15, 0.2) is 24.3 Å². The highest BCUT2D eigenvalue weighted by atomic mass is 32.1. The van der Waals surface area contributed by atoms with Gasteiger partial charge in [-0.3, -0.25) is 9.13 Å². The molecule has 1 aromatic carbocycles. The number of rotatable bonds is 6. The first-order valence-electron chi connectivity index (χ1n) is 5.63. The first-order valence-corrected chi connectivity index (χ1v) is 9.62. The van der Waals surface area contributed by atoms with Crippen LogP contribution in [0.1, 0.15) is 17.6 Å². The molecule has 0 saturated carbocycles. The van der Waals surface area contributed by atoms with Gasteiger partial charge in [0.2, 0.25) is 0 Å². The number of anilines is 1. The highest BCUT2D eigenvalue weighted by Crippen LogP contribution is 2.56. The van der Waals surface area contributed by atoms with E-state index in [1.54, 1.807) is 12.1 Å². The van der Waals surface area contributed by atoms with E-state index in [9.17, 15) is 18.9 Å². The van der Waals surface area contributed by atoms with Gasteiger partial charge in [-0.1, -0.05) is 18.2 Å². The zero-order valence-electron chi connectivity index (χ0n) is 10.4. The van der Waals surface area contributed by atoms with Crippen molar-refractivity contribution in [3.8, 4) is 0 Å². The number of para-hydroxylation sites is 1. The highest BCUT2D eigenvalue weighted by molar-refractivity contribution is 7.81. The molecule has 0 spiro atoms. The normalized spacial score (nSPS) is 15.8. The second kappa shape index (κ2) is 6.62. The summed E-state index contributed by atoms with van der Waals surface area (Å²) in [5, 5.41) is -0.854. The monoisotopic (exact) mass is 341 g/mol. The quantitative estimate of drug-likeness (QED) is 0.261. The summed E-state index contributed by atoms with van der Waals surface area (Å²) in [6.45, 7) is 0. The lowest BCUT2D eigenvalue weighted by Crippen LogP contribution is -2.13. The number of hydrogen-bond donors (Lipinski definition) is 6. The van der Waals surface area contributed by atoms with Crippen LogP contribution in [0.4, 0.5) is 5.69 Å². The molecular formula is C10H17NO6P2S. The van der Waals surface area contributed by atoms with Crippen molar-refractivity contribution >= 4 is 33.5 Å². The highest BCUT2D eigenvalue weighted by Gasteiger charge is 2.34. The Morgan fingerprint density at radius 3 is 2.15 bits per heavy atom. The molecule has 0 fully saturated rings. The number of hydrogen-bond acceptors (Lipinski definition) is 4. The molecule has 114 valence electrons. The fourth-order valence-corrected chi connectivity index (χ4v) is 4.71. The van der Waals surface area contributed by atoms with Crippen LogP contribution >= 0.6 is 27.8 Å². The molecule has 0 aliphatic heterocycles. The lowest BCUT2D eigenvalue weighted by Gasteiger charge is -2.23. The van der Waals surface area contributed by atoms with Crippen LogP contribution in [-0.2, 0) is 9.13 Å². The SMILES string of the molecule is Nc1ccccc1C(CC(S)CP(=O)(O)O)P(=O)(O)O. The maximum absolute atomic E-state index is 11.6. The molecule has 0 aliphatic rings. The number of nitrogens with two attached hydrogens (primary N) is 1. The van der Waals surface area contributed by atoms with Gasteiger partial charge in [0, 0.05) is 10.9 Å². The Kier molecular flexibility index (Phi) is 5.87. The molecule has 1 aromatic rings. The van der Waals surface area contributed by atoms with Gasteiger partial charge in [0.05, 0.1) is 11.8 Å². The number of benzene rings is 1. The van der Waals surface area contributed by atoms with E-state index < -0.39 is 32.3 Å². The fraction of sp³-hybridized carbons (Fsp3) is 0.400. The third-order valence-electron chi connectivity index (χ3n) is 2.70. The maximum Gasteiger partial charge on any atom is 0.333 e. The Hall–Kier alpha value is -0.330. The number of thiol groups is 1. The van der Waals surface area contributed by atoms with Gasteiger partial charge in [0.15, 0.2) is 0 Å². The van der Waals surface area contributed by atoms with E-state index in [0.717, 1.165) is 0 Å². The van der Waals surface area contributed by atoms with Gasteiger partial charge in [-0.05, 0) is 18.1 Å². The van der Waals surface area contributed by atoms with E-state index in [4.69, 9.17) is 15.5 Å². The van der Waals surface area contributed by atoms with Gasteiger partial charge >= 0.3 is 15.2 Å². The van der Waals surface area contributed by atoms with E-state index in [-0.39, 0.29) is 17.7 Å².